The highest BCUT2D eigenvalue weighted by atomic mass is 32.1. The minimum absolute atomic E-state index is 0.0754. The maximum absolute atomic E-state index is 12.0. The molecule has 102 valence electrons. The number of carbonyl (C=O) groups is 1. The SMILES string of the molecule is CN(CCO)C(=O)c1sc(NC(C)(C)C)nc1N. The van der Waals surface area contributed by atoms with Gasteiger partial charge in [0, 0.05) is 19.1 Å². The van der Waals surface area contributed by atoms with E-state index in [1.165, 1.54) is 16.2 Å². The number of aliphatic hydroxyl groups is 1. The number of nitrogens with zero attached hydrogens (tertiary/aromatic N) is 2. The van der Waals surface area contributed by atoms with Crippen LogP contribution in [0.4, 0.5) is 10.9 Å². The summed E-state index contributed by atoms with van der Waals surface area (Å²) in [5.41, 5.74) is 5.61. The number of hydrogen-bond acceptors (Lipinski definition) is 6. The molecule has 0 bridgehead atoms. The van der Waals surface area contributed by atoms with E-state index >= 15 is 0 Å². The van der Waals surface area contributed by atoms with Crippen LogP contribution in [0, 0.1) is 0 Å². The van der Waals surface area contributed by atoms with Crippen molar-refractivity contribution in [3.8, 4) is 0 Å². The molecular formula is C11H20N4O2S. The highest BCUT2D eigenvalue weighted by Gasteiger charge is 2.21. The molecule has 0 radical (unpaired) electrons. The molecule has 0 spiro atoms. The lowest BCUT2D eigenvalue weighted by Crippen LogP contribution is -2.29. The molecule has 18 heavy (non-hydrogen) atoms. The molecule has 0 aliphatic heterocycles. The lowest BCUT2D eigenvalue weighted by atomic mass is 10.1. The van der Waals surface area contributed by atoms with Crippen LogP contribution < -0.4 is 11.1 Å². The summed E-state index contributed by atoms with van der Waals surface area (Å²) in [5.74, 6) is 0.00236. The number of hydrogen-bond donors (Lipinski definition) is 3. The summed E-state index contributed by atoms with van der Waals surface area (Å²) in [6.45, 7) is 6.21. The molecule has 4 N–H and O–H groups in total. The third-order valence-corrected chi connectivity index (χ3v) is 3.09. The quantitative estimate of drug-likeness (QED) is 0.760. The first kappa shape index (κ1) is 14.7. The van der Waals surface area contributed by atoms with E-state index < -0.39 is 0 Å². The monoisotopic (exact) mass is 272 g/mol. The Labute approximate surface area is 111 Å². The Morgan fingerprint density at radius 1 is 1.56 bits per heavy atom. The van der Waals surface area contributed by atoms with Crippen LogP contribution in [-0.2, 0) is 0 Å². The van der Waals surface area contributed by atoms with Crippen LogP contribution >= 0.6 is 11.3 Å². The number of aromatic nitrogens is 1. The summed E-state index contributed by atoms with van der Waals surface area (Å²) < 4.78 is 0. The van der Waals surface area contributed by atoms with E-state index in [-0.39, 0.29) is 30.4 Å². The van der Waals surface area contributed by atoms with Gasteiger partial charge < -0.3 is 21.1 Å². The Balaban J connectivity index is 2.88. The second kappa shape index (κ2) is 5.53. The molecule has 1 amide bonds. The smallest absolute Gasteiger partial charge is 0.267 e. The standard InChI is InChI=1S/C11H20N4O2S/c1-11(2,3)14-10-13-8(12)7(18-10)9(17)15(4)5-6-16/h16H,5-6,12H2,1-4H3,(H,13,14). The van der Waals surface area contributed by atoms with Crippen LogP contribution in [-0.4, -0.2) is 46.6 Å². The Morgan fingerprint density at radius 3 is 2.67 bits per heavy atom. The number of thiazole rings is 1. The number of nitrogens with two attached hydrogens (primary N) is 1. The molecule has 0 aliphatic carbocycles. The zero-order valence-corrected chi connectivity index (χ0v) is 12.0. The number of rotatable bonds is 4. The lowest BCUT2D eigenvalue weighted by Gasteiger charge is -2.19. The van der Waals surface area contributed by atoms with E-state index in [0.717, 1.165) is 0 Å². The van der Waals surface area contributed by atoms with Gasteiger partial charge in [-0.1, -0.05) is 11.3 Å². The number of carbonyl (C=O) groups excluding carboxylic acids is 1. The molecule has 0 aromatic carbocycles. The molecule has 6 nitrogen and oxygen atoms in total. The molecule has 0 aliphatic rings. The highest BCUT2D eigenvalue weighted by Crippen LogP contribution is 2.28. The van der Waals surface area contributed by atoms with Crippen molar-refractivity contribution < 1.29 is 9.90 Å². The van der Waals surface area contributed by atoms with Crippen LogP contribution in [0.2, 0.25) is 0 Å². The van der Waals surface area contributed by atoms with Gasteiger partial charge in [0.15, 0.2) is 5.13 Å². The summed E-state index contributed by atoms with van der Waals surface area (Å²) >= 11 is 1.23. The summed E-state index contributed by atoms with van der Waals surface area (Å²) in [6, 6.07) is 0. The van der Waals surface area contributed by atoms with Gasteiger partial charge in [0.05, 0.1) is 6.61 Å². The molecule has 0 fully saturated rings. The van der Waals surface area contributed by atoms with Crippen molar-refractivity contribution in [3.05, 3.63) is 4.88 Å². The first-order valence-electron chi connectivity index (χ1n) is 5.65. The fourth-order valence-electron chi connectivity index (χ4n) is 1.28. The van der Waals surface area contributed by atoms with Crippen molar-refractivity contribution in [2.24, 2.45) is 0 Å². The van der Waals surface area contributed by atoms with Crippen molar-refractivity contribution in [3.63, 3.8) is 0 Å². The van der Waals surface area contributed by atoms with E-state index in [0.29, 0.717) is 10.0 Å². The van der Waals surface area contributed by atoms with Gasteiger partial charge in [0.25, 0.3) is 5.91 Å². The molecular weight excluding hydrogens is 252 g/mol. The van der Waals surface area contributed by atoms with Gasteiger partial charge in [-0.2, -0.15) is 0 Å². The van der Waals surface area contributed by atoms with Crippen molar-refractivity contribution in [1.29, 1.82) is 0 Å². The molecule has 1 aromatic rings. The number of aliphatic hydroxyl groups excluding tert-OH is 1. The number of nitrogen functional groups attached to an aromatic ring is 1. The third-order valence-electron chi connectivity index (χ3n) is 2.11. The lowest BCUT2D eigenvalue weighted by molar-refractivity contribution is 0.0772. The topological polar surface area (TPSA) is 91.5 Å². The van der Waals surface area contributed by atoms with E-state index in [2.05, 4.69) is 10.3 Å². The molecule has 0 saturated heterocycles. The minimum Gasteiger partial charge on any atom is -0.395 e. The summed E-state index contributed by atoms with van der Waals surface area (Å²) in [5, 5.41) is 12.6. The second-order valence-electron chi connectivity index (χ2n) is 5.06. The summed E-state index contributed by atoms with van der Waals surface area (Å²) in [7, 11) is 1.62. The van der Waals surface area contributed by atoms with Crippen LogP contribution in [0.15, 0.2) is 0 Å². The maximum atomic E-state index is 12.0. The normalized spacial score (nSPS) is 11.4. The molecule has 1 rings (SSSR count). The largest absolute Gasteiger partial charge is 0.395 e. The van der Waals surface area contributed by atoms with Gasteiger partial charge in [0.2, 0.25) is 0 Å². The van der Waals surface area contributed by atoms with E-state index in [4.69, 9.17) is 10.8 Å². The molecule has 1 heterocycles. The predicted octanol–water partition coefficient (Wildman–Crippen LogP) is 1.000. The van der Waals surface area contributed by atoms with Crippen LogP contribution in [0.3, 0.4) is 0 Å². The van der Waals surface area contributed by atoms with E-state index in [1.54, 1.807) is 7.05 Å². The fraction of sp³-hybridized carbons (Fsp3) is 0.636. The first-order valence-corrected chi connectivity index (χ1v) is 6.47. The molecule has 0 saturated carbocycles. The van der Waals surface area contributed by atoms with Crippen LogP contribution in [0.25, 0.3) is 0 Å². The maximum Gasteiger partial charge on any atom is 0.267 e. The minimum atomic E-state index is -0.221. The molecule has 0 unspecified atom stereocenters. The zero-order chi connectivity index (χ0) is 13.9. The second-order valence-corrected chi connectivity index (χ2v) is 6.06. The average Bonchev–Trinajstić information content (AvgIpc) is 2.55. The van der Waals surface area contributed by atoms with Gasteiger partial charge in [-0.25, -0.2) is 4.98 Å². The van der Waals surface area contributed by atoms with Gasteiger partial charge in [-0.3, -0.25) is 4.79 Å². The molecule has 7 heteroatoms. The molecule has 0 atom stereocenters. The fourth-order valence-corrected chi connectivity index (χ4v) is 2.37. The average molecular weight is 272 g/mol. The van der Waals surface area contributed by atoms with Crippen molar-refractivity contribution in [2.45, 2.75) is 26.3 Å². The van der Waals surface area contributed by atoms with Crippen molar-refractivity contribution in [2.75, 3.05) is 31.2 Å². The Morgan fingerprint density at radius 2 is 2.17 bits per heavy atom. The third kappa shape index (κ3) is 3.85. The van der Waals surface area contributed by atoms with E-state index in [9.17, 15) is 4.79 Å². The zero-order valence-electron chi connectivity index (χ0n) is 11.1. The number of amides is 1. The van der Waals surface area contributed by atoms with Gasteiger partial charge in [-0.05, 0) is 20.8 Å². The Hall–Kier alpha value is -1.34. The number of nitrogens with one attached hydrogen (secondary N) is 1. The summed E-state index contributed by atoms with van der Waals surface area (Å²) in [6.07, 6.45) is 0. The van der Waals surface area contributed by atoms with Gasteiger partial charge >= 0.3 is 0 Å². The van der Waals surface area contributed by atoms with Crippen molar-refractivity contribution >= 4 is 28.2 Å². The van der Waals surface area contributed by atoms with Crippen LogP contribution in [0.1, 0.15) is 30.4 Å². The van der Waals surface area contributed by atoms with Gasteiger partial charge in [-0.15, -0.1) is 0 Å². The Kier molecular flexibility index (Phi) is 4.53. The Bertz CT molecular complexity index is 425. The summed E-state index contributed by atoms with van der Waals surface area (Å²) in [4.78, 5) is 18.0. The molecule has 1 aromatic heterocycles. The predicted molar refractivity (Wildman–Crippen MR) is 73.9 cm³/mol. The van der Waals surface area contributed by atoms with Gasteiger partial charge in [0.1, 0.15) is 10.7 Å². The highest BCUT2D eigenvalue weighted by molar-refractivity contribution is 7.18. The van der Waals surface area contributed by atoms with E-state index in [1.807, 2.05) is 20.8 Å². The van der Waals surface area contributed by atoms with Crippen LogP contribution in [0.5, 0.6) is 0 Å². The number of anilines is 2. The first-order chi connectivity index (χ1) is 8.24. The van der Waals surface area contributed by atoms with Crippen molar-refractivity contribution in [1.82, 2.24) is 9.88 Å². The number of likely N-dealkylation sites (N-methyl/N-ethyl adjacent to an activating group) is 1.